The largest absolute Gasteiger partial charge is 0.370 e. The smallest absolute Gasteiger partial charge is 0.0399 e. The minimum atomic E-state index is 0.294. The summed E-state index contributed by atoms with van der Waals surface area (Å²) in [6.45, 7) is 12.5. The summed E-state index contributed by atoms with van der Waals surface area (Å²) in [6, 6.07) is 9.41. The molecule has 106 valence electrons. The van der Waals surface area contributed by atoms with Crippen LogP contribution < -0.4 is 10.2 Å². The molecule has 0 fully saturated rings. The number of aryl methyl sites for hydroxylation is 1. The van der Waals surface area contributed by atoms with E-state index in [1.54, 1.807) is 0 Å². The van der Waals surface area contributed by atoms with Gasteiger partial charge in [-0.05, 0) is 36.4 Å². The zero-order valence-corrected chi connectivity index (χ0v) is 12.9. The van der Waals surface area contributed by atoms with Gasteiger partial charge >= 0.3 is 0 Å². The molecule has 0 saturated carbocycles. The molecule has 1 heterocycles. The molecule has 1 aromatic rings. The van der Waals surface area contributed by atoms with Gasteiger partial charge in [0.25, 0.3) is 0 Å². The van der Waals surface area contributed by atoms with E-state index in [1.807, 2.05) is 0 Å². The fourth-order valence-corrected chi connectivity index (χ4v) is 2.91. The molecule has 1 aliphatic heterocycles. The van der Waals surface area contributed by atoms with Gasteiger partial charge in [0.15, 0.2) is 0 Å². The third-order valence-corrected chi connectivity index (χ3v) is 4.11. The first-order chi connectivity index (χ1) is 9.02. The van der Waals surface area contributed by atoms with Crippen molar-refractivity contribution in [3.8, 4) is 0 Å². The van der Waals surface area contributed by atoms with Crippen molar-refractivity contribution in [3.05, 3.63) is 29.8 Å². The predicted molar refractivity (Wildman–Crippen MR) is 83.9 cm³/mol. The Balaban J connectivity index is 2.15. The molecule has 1 unspecified atom stereocenters. The van der Waals surface area contributed by atoms with Crippen LogP contribution in [0.2, 0.25) is 0 Å². The van der Waals surface area contributed by atoms with Gasteiger partial charge in [-0.2, -0.15) is 0 Å². The Morgan fingerprint density at radius 2 is 2.00 bits per heavy atom. The molecule has 19 heavy (non-hydrogen) atoms. The Morgan fingerprint density at radius 3 is 2.68 bits per heavy atom. The first-order valence-corrected chi connectivity index (χ1v) is 7.58. The zero-order valence-electron chi connectivity index (χ0n) is 12.9. The van der Waals surface area contributed by atoms with Crippen molar-refractivity contribution in [1.29, 1.82) is 0 Å². The SMILES string of the molecule is CCNC(CN1CCCc2ccccc21)C(C)(C)C. The van der Waals surface area contributed by atoms with Crippen molar-refractivity contribution in [2.45, 2.75) is 46.6 Å². The Bertz CT molecular complexity index is 406. The lowest BCUT2D eigenvalue weighted by atomic mass is 9.85. The molecule has 0 amide bonds. The van der Waals surface area contributed by atoms with E-state index >= 15 is 0 Å². The van der Waals surface area contributed by atoms with Gasteiger partial charge < -0.3 is 10.2 Å². The second-order valence-corrected chi connectivity index (χ2v) is 6.65. The molecule has 2 nitrogen and oxygen atoms in total. The van der Waals surface area contributed by atoms with E-state index in [4.69, 9.17) is 0 Å². The highest BCUT2D eigenvalue weighted by molar-refractivity contribution is 5.55. The van der Waals surface area contributed by atoms with Gasteiger partial charge in [-0.25, -0.2) is 0 Å². The minimum Gasteiger partial charge on any atom is -0.370 e. The number of para-hydroxylation sites is 1. The molecular formula is C17H28N2. The average molecular weight is 260 g/mol. The van der Waals surface area contributed by atoms with Crippen molar-refractivity contribution < 1.29 is 0 Å². The van der Waals surface area contributed by atoms with E-state index in [0.29, 0.717) is 11.5 Å². The van der Waals surface area contributed by atoms with Crippen molar-refractivity contribution in [2.75, 3.05) is 24.5 Å². The predicted octanol–water partition coefficient (Wildman–Crippen LogP) is 3.46. The summed E-state index contributed by atoms with van der Waals surface area (Å²) in [7, 11) is 0. The molecule has 2 rings (SSSR count). The van der Waals surface area contributed by atoms with Gasteiger partial charge in [-0.3, -0.25) is 0 Å². The van der Waals surface area contributed by atoms with Crippen molar-refractivity contribution in [2.24, 2.45) is 5.41 Å². The molecular weight excluding hydrogens is 232 g/mol. The summed E-state index contributed by atoms with van der Waals surface area (Å²) >= 11 is 0. The lowest BCUT2D eigenvalue weighted by Crippen LogP contribution is -2.49. The van der Waals surface area contributed by atoms with Crippen LogP contribution in [0.3, 0.4) is 0 Å². The van der Waals surface area contributed by atoms with Crippen LogP contribution in [-0.4, -0.2) is 25.7 Å². The van der Waals surface area contributed by atoms with Crippen LogP contribution in [0.5, 0.6) is 0 Å². The van der Waals surface area contributed by atoms with Crippen LogP contribution in [0.1, 0.15) is 39.7 Å². The summed E-state index contributed by atoms with van der Waals surface area (Å²) in [5, 5.41) is 3.66. The molecule has 1 N–H and O–H groups in total. The van der Waals surface area contributed by atoms with E-state index in [-0.39, 0.29) is 0 Å². The molecule has 1 aromatic carbocycles. The van der Waals surface area contributed by atoms with E-state index < -0.39 is 0 Å². The lowest BCUT2D eigenvalue weighted by molar-refractivity contribution is 0.272. The number of hydrogen-bond acceptors (Lipinski definition) is 2. The number of likely N-dealkylation sites (N-methyl/N-ethyl adjacent to an activating group) is 1. The third-order valence-electron chi connectivity index (χ3n) is 4.11. The summed E-state index contributed by atoms with van der Waals surface area (Å²) in [5.74, 6) is 0. The first kappa shape index (κ1) is 14.4. The van der Waals surface area contributed by atoms with Crippen LogP contribution in [0.25, 0.3) is 0 Å². The highest BCUT2D eigenvalue weighted by Crippen LogP contribution is 2.29. The van der Waals surface area contributed by atoms with Crippen molar-refractivity contribution in [1.82, 2.24) is 5.32 Å². The minimum absolute atomic E-state index is 0.294. The van der Waals surface area contributed by atoms with E-state index in [0.717, 1.165) is 13.1 Å². The Hall–Kier alpha value is -1.02. The topological polar surface area (TPSA) is 15.3 Å². The monoisotopic (exact) mass is 260 g/mol. The van der Waals surface area contributed by atoms with Crippen LogP contribution in [0.15, 0.2) is 24.3 Å². The molecule has 0 aromatic heterocycles. The fourth-order valence-electron chi connectivity index (χ4n) is 2.91. The first-order valence-electron chi connectivity index (χ1n) is 7.58. The summed E-state index contributed by atoms with van der Waals surface area (Å²) in [4.78, 5) is 2.57. The molecule has 0 spiro atoms. The second kappa shape index (κ2) is 5.96. The Labute approximate surface area is 118 Å². The standard InChI is InChI=1S/C17H28N2/c1-5-18-16(17(2,3)4)13-19-12-8-10-14-9-6-7-11-15(14)19/h6-7,9,11,16,18H,5,8,10,12-13H2,1-4H3. The highest BCUT2D eigenvalue weighted by Gasteiger charge is 2.27. The molecule has 1 atom stereocenters. The highest BCUT2D eigenvalue weighted by atomic mass is 15.2. The number of nitrogens with zero attached hydrogens (tertiary/aromatic N) is 1. The number of rotatable bonds is 4. The van der Waals surface area contributed by atoms with Gasteiger partial charge in [0.05, 0.1) is 0 Å². The van der Waals surface area contributed by atoms with Crippen LogP contribution in [0.4, 0.5) is 5.69 Å². The molecule has 0 aliphatic carbocycles. The summed E-state index contributed by atoms with van der Waals surface area (Å²) in [5.41, 5.74) is 3.25. The van der Waals surface area contributed by atoms with E-state index in [9.17, 15) is 0 Å². The zero-order chi connectivity index (χ0) is 13.9. The molecule has 0 saturated heterocycles. The molecule has 0 bridgehead atoms. The van der Waals surface area contributed by atoms with Crippen LogP contribution >= 0.6 is 0 Å². The maximum absolute atomic E-state index is 3.66. The van der Waals surface area contributed by atoms with Crippen molar-refractivity contribution in [3.63, 3.8) is 0 Å². The fraction of sp³-hybridized carbons (Fsp3) is 0.647. The molecule has 0 radical (unpaired) electrons. The summed E-state index contributed by atoms with van der Waals surface area (Å²) in [6.07, 6.45) is 2.51. The van der Waals surface area contributed by atoms with E-state index in [2.05, 4.69) is 62.2 Å². The number of nitrogens with one attached hydrogen (secondary N) is 1. The lowest BCUT2D eigenvalue weighted by Gasteiger charge is -2.39. The maximum atomic E-state index is 3.66. The number of hydrogen-bond donors (Lipinski definition) is 1. The maximum Gasteiger partial charge on any atom is 0.0399 e. The van der Waals surface area contributed by atoms with Crippen LogP contribution in [0, 0.1) is 5.41 Å². The Kier molecular flexibility index (Phi) is 4.51. The van der Waals surface area contributed by atoms with Crippen LogP contribution in [-0.2, 0) is 6.42 Å². The van der Waals surface area contributed by atoms with Gasteiger partial charge in [-0.1, -0.05) is 45.9 Å². The Morgan fingerprint density at radius 1 is 1.26 bits per heavy atom. The molecule has 2 heteroatoms. The third kappa shape index (κ3) is 3.50. The van der Waals surface area contributed by atoms with Gasteiger partial charge in [0.1, 0.15) is 0 Å². The number of benzene rings is 1. The average Bonchev–Trinajstić information content (AvgIpc) is 2.37. The number of anilines is 1. The van der Waals surface area contributed by atoms with Gasteiger partial charge in [-0.15, -0.1) is 0 Å². The van der Waals surface area contributed by atoms with E-state index in [1.165, 1.54) is 30.6 Å². The number of fused-ring (bicyclic) bond motifs is 1. The normalized spacial score (nSPS) is 17.2. The van der Waals surface area contributed by atoms with Gasteiger partial charge in [0.2, 0.25) is 0 Å². The van der Waals surface area contributed by atoms with Gasteiger partial charge in [0, 0.05) is 24.8 Å². The second-order valence-electron chi connectivity index (χ2n) is 6.65. The molecule has 1 aliphatic rings. The quantitative estimate of drug-likeness (QED) is 0.892. The summed E-state index contributed by atoms with van der Waals surface area (Å²) < 4.78 is 0. The van der Waals surface area contributed by atoms with Crippen molar-refractivity contribution >= 4 is 5.69 Å².